The van der Waals surface area contributed by atoms with Crippen LogP contribution in [0.3, 0.4) is 0 Å². The minimum atomic E-state index is -0.738. The van der Waals surface area contributed by atoms with Crippen molar-refractivity contribution in [3.8, 4) is 0 Å². The Bertz CT molecular complexity index is 1510. The molecule has 0 aliphatic carbocycles. The van der Waals surface area contributed by atoms with Crippen LogP contribution in [0.4, 0.5) is 17.3 Å². The average molecular weight is 594 g/mol. The SMILES string of the molecule is CN1C(=O)C(C(=O)Nc2cccc(Sc3ncc(N4CCC(C)(N)CC4)nc3N)c2Cl)=C(O)C1Cc1ccccc1. The van der Waals surface area contributed by atoms with Crippen LogP contribution in [-0.4, -0.2) is 63.5 Å². The normalized spacial score (nSPS) is 18.6. The molecule has 0 radical (unpaired) electrons. The van der Waals surface area contributed by atoms with Crippen molar-refractivity contribution in [2.24, 2.45) is 5.73 Å². The maximum Gasteiger partial charge on any atom is 0.264 e. The number of hydrogen-bond donors (Lipinski definition) is 4. The second-order valence-electron chi connectivity index (χ2n) is 10.6. The summed E-state index contributed by atoms with van der Waals surface area (Å²) in [7, 11) is 1.56. The summed E-state index contributed by atoms with van der Waals surface area (Å²) in [6.45, 7) is 3.60. The number of hydrogen-bond acceptors (Lipinski definition) is 9. The van der Waals surface area contributed by atoms with Crippen molar-refractivity contribution >= 4 is 52.5 Å². The lowest BCUT2D eigenvalue weighted by atomic mass is 9.91. The second-order valence-corrected chi connectivity index (χ2v) is 12.0. The Morgan fingerprint density at radius 2 is 1.90 bits per heavy atom. The van der Waals surface area contributed by atoms with Crippen LogP contribution in [0.25, 0.3) is 0 Å². The Hall–Kier alpha value is -3.80. The Morgan fingerprint density at radius 3 is 2.59 bits per heavy atom. The summed E-state index contributed by atoms with van der Waals surface area (Å²) in [4.78, 5) is 39.2. The summed E-state index contributed by atoms with van der Waals surface area (Å²) >= 11 is 7.88. The minimum absolute atomic E-state index is 0.178. The molecule has 12 heteroatoms. The lowest BCUT2D eigenvalue weighted by Gasteiger charge is -2.37. The molecule has 0 spiro atoms. The van der Waals surface area contributed by atoms with Crippen LogP contribution in [-0.2, 0) is 16.0 Å². The average Bonchev–Trinajstić information content (AvgIpc) is 3.15. The molecule has 2 aliphatic rings. The van der Waals surface area contributed by atoms with Gasteiger partial charge in [0.05, 0.1) is 22.9 Å². The molecule has 6 N–H and O–H groups in total. The van der Waals surface area contributed by atoms with E-state index in [1.807, 2.05) is 30.3 Å². The topological polar surface area (TPSA) is 151 Å². The number of amides is 2. The summed E-state index contributed by atoms with van der Waals surface area (Å²) in [5, 5.41) is 14.3. The zero-order valence-electron chi connectivity index (χ0n) is 22.8. The van der Waals surface area contributed by atoms with Crippen molar-refractivity contribution in [3.05, 3.63) is 76.6 Å². The van der Waals surface area contributed by atoms with Crippen LogP contribution < -0.4 is 21.7 Å². The van der Waals surface area contributed by atoms with Crippen molar-refractivity contribution in [2.45, 2.75) is 47.7 Å². The third-order valence-electron chi connectivity index (χ3n) is 7.47. The summed E-state index contributed by atoms with van der Waals surface area (Å²) in [5.74, 6) is -0.612. The molecule has 1 saturated heterocycles. The van der Waals surface area contributed by atoms with Crippen molar-refractivity contribution < 1.29 is 14.7 Å². The van der Waals surface area contributed by atoms with E-state index < -0.39 is 17.9 Å². The fourth-order valence-electron chi connectivity index (χ4n) is 4.90. The molecular weight excluding hydrogens is 562 g/mol. The predicted octanol–water partition coefficient (Wildman–Crippen LogP) is 4.01. The van der Waals surface area contributed by atoms with E-state index >= 15 is 0 Å². The van der Waals surface area contributed by atoms with Crippen LogP contribution in [0.15, 0.2) is 76.0 Å². The number of likely N-dealkylation sites (N-methyl/N-ethyl adjacent to an activating group) is 1. The number of nitrogens with one attached hydrogen (secondary N) is 1. The van der Waals surface area contributed by atoms with E-state index in [2.05, 4.69) is 27.1 Å². The van der Waals surface area contributed by atoms with Gasteiger partial charge in [-0.2, -0.15) is 0 Å². The van der Waals surface area contributed by atoms with E-state index in [-0.39, 0.29) is 33.4 Å². The number of aliphatic hydroxyl groups is 1. The molecule has 2 aliphatic heterocycles. The summed E-state index contributed by atoms with van der Waals surface area (Å²) < 4.78 is 0. The highest BCUT2D eigenvalue weighted by Gasteiger charge is 2.40. The molecule has 2 aromatic carbocycles. The quantitative estimate of drug-likeness (QED) is 0.298. The number of carbonyl (C=O) groups is 2. The predicted molar refractivity (Wildman–Crippen MR) is 161 cm³/mol. The van der Waals surface area contributed by atoms with E-state index in [4.69, 9.17) is 23.1 Å². The number of nitrogens with zero attached hydrogens (tertiary/aromatic N) is 4. The third-order valence-corrected chi connectivity index (χ3v) is 9.06. The van der Waals surface area contributed by atoms with Gasteiger partial charge in [-0.25, -0.2) is 9.97 Å². The van der Waals surface area contributed by atoms with Gasteiger partial charge in [0, 0.05) is 37.0 Å². The molecule has 1 fully saturated rings. The molecule has 1 atom stereocenters. The van der Waals surface area contributed by atoms with Gasteiger partial charge in [0.1, 0.15) is 22.2 Å². The first kappa shape index (κ1) is 28.7. The maximum atomic E-state index is 13.2. The molecular formula is C29H32ClN7O3S. The molecule has 41 heavy (non-hydrogen) atoms. The van der Waals surface area contributed by atoms with Gasteiger partial charge in [0.2, 0.25) is 0 Å². The first-order valence-corrected chi connectivity index (χ1v) is 14.4. The van der Waals surface area contributed by atoms with Gasteiger partial charge in [-0.3, -0.25) is 9.59 Å². The van der Waals surface area contributed by atoms with Gasteiger partial charge in [0.15, 0.2) is 5.82 Å². The number of benzene rings is 2. The molecule has 214 valence electrons. The third kappa shape index (κ3) is 6.12. The summed E-state index contributed by atoms with van der Waals surface area (Å²) in [6, 6.07) is 13.9. The number of nitrogens with two attached hydrogens (primary N) is 2. The molecule has 5 rings (SSSR count). The summed E-state index contributed by atoms with van der Waals surface area (Å²) in [5.41, 5.74) is 13.2. The maximum absolute atomic E-state index is 13.2. The first-order chi connectivity index (χ1) is 19.5. The van der Waals surface area contributed by atoms with Gasteiger partial charge < -0.3 is 31.7 Å². The van der Waals surface area contributed by atoms with Crippen molar-refractivity contribution in [1.82, 2.24) is 14.9 Å². The highest BCUT2D eigenvalue weighted by Crippen LogP contribution is 2.39. The fourth-order valence-corrected chi connectivity index (χ4v) is 6.00. The number of anilines is 3. The largest absolute Gasteiger partial charge is 0.509 e. The fraction of sp³-hybridized carbons (Fsp3) is 0.310. The number of rotatable bonds is 7. The number of carbonyl (C=O) groups excluding carboxylic acids is 2. The molecule has 0 saturated carbocycles. The van der Waals surface area contributed by atoms with Crippen LogP contribution in [0.5, 0.6) is 0 Å². The van der Waals surface area contributed by atoms with E-state index in [1.54, 1.807) is 31.4 Å². The van der Waals surface area contributed by atoms with Gasteiger partial charge in [0.25, 0.3) is 11.8 Å². The Labute approximate surface area is 247 Å². The monoisotopic (exact) mass is 593 g/mol. The molecule has 1 aromatic heterocycles. The van der Waals surface area contributed by atoms with Crippen LogP contribution in [0, 0.1) is 0 Å². The highest BCUT2D eigenvalue weighted by molar-refractivity contribution is 7.99. The van der Waals surface area contributed by atoms with Gasteiger partial charge >= 0.3 is 0 Å². The lowest BCUT2D eigenvalue weighted by molar-refractivity contribution is -0.127. The Balaban J connectivity index is 1.30. The summed E-state index contributed by atoms with van der Waals surface area (Å²) in [6.07, 6.45) is 3.76. The van der Waals surface area contributed by atoms with Crippen LogP contribution >= 0.6 is 23.4 Å². The van der Waals surface area contributed by atoms with E-state index in [1.165, 1.54) is 16.7 Å². The van der Waals surface area contributed by atoms with Crippen molar-refractivity contribution in [2.75, 3.05) is 36.1 Å². The number of nitrogen functional groups attached to an aromatic ring is 1. The standard InChI is InChI=1S/C29H32ClN7O3S/c1-29(32)11-13-37(14-12-29)21-16-33-27(25(31)35-21)41-20-10-6-9-18(23(20)30)34-26(39)22-24(38)19(36(2)28(22)40)15-17-7-4-3-5-8-17/h3-10,16,19,38H,11-15,32H2,1-2H3,(H2,31,35)(H,34,39). The van der Waals surface area contributed by atoms with E-state index in [9.17, 15) is 14.7 Å². The number of aliphatic hydroxyl groups excluding tert-OH is 1. The van der Waals surface area contributed by atoms with E-state index in [0.29, 0.717) is 22.2 Å². The minimum Gasteiger partial charge on any atom is -0.509 e. The molecule has 2 amide bonds. The Kier molecular flexibility index (Phi) is 8.12. The molecule has 0 bridgehead atoms. The van der Waals surface area contributed by atoms with Crippen LogP contribution in [0.2, 0.25) is 5.02 Å². The number of piperidine rings is 1. The zero-order chi connectivity index (χ0) is 29.3. The zero-order valence-corrected chi connectivity index (χ0v) is 24.4. The van der Waals surface area contributed by atoms with Gasteiger partial charge in [-0.15, -0.1) is 0 Å². The highest BCUT2D eigenvalue weighted by atomic mass is 35.5. The molecule has 3 heterocycles. The second kappa shape index (κ2) is 11.6. The number of halogens is 1. The van der Waals surface area contributed by atoms with Crippen LogP contribution in [0.1, 0.15) is 25.3 Å². The molecule has 10 nitrogen and oxygen atoms in total. The molecule has 1 unspecified atom stereocenters. The number of aromatic nitrogens is 2. The van der Waals surface area contributed by atoms with Crippen molar-refractivity contribution in [3.63, 3.8) is 0 Å². The Morgan fingerprint density at radius 1 is 1.20 bits per heavy atom. The van der Waals surface area contributed by atoms with Gasteiger partial charge in [-0.1, -0.05) is 59.8 Å². The lowest BCUT2D eigenvalue weighted by Crippen LogP contribution is -2.48. The smallest absolute Gasteiger partial charge is 0.264 e. The first-order valence-electron chi connectivity index (χ1n) is 13.2. The van der Waals surface area contributed by atoms with E-state index in [0.717, 1.165) is 31.5 Å². The molecule has 3 aromatic rings. The van der Waals surface area contributed by atoms with Crippen molar-refractivity contribution in [1.29, 1.82) is 0 Å². The van der Waals surface area contributed by atoms with Gasteiger partial charge in [-0.05, 0) is 37.5 Å².